The quantitative estimate of drug-likeness (QED) is 0.868. The average Bonchev–Trinajstić information content (AvgIpc) is 2.41. The summed E-state index contributed by atoms with van der Waals surface area (Å²) in [4.78, 5) is 0. The summed E-state index contributed by atoms with van der Waals surface area (Å²) in [6, 6.07) is 8.41. The molecule has 0 aromatic heterocycles. The van der Waals surface area contributed by atoms with Crippen molar-refractivity contribution in [3.8, 4) is 5.75 Å². The van der Waals surface area contributed by atoms with Crippen molar-refractivity contribution < 1.29 is 4.74 Å². The third-order valence-electron chi connectivity index (χ3n) is 2.88. The Morgan fingerprint density at radius 1 is 1.26 bits per heavy atom. The Balaban J connectivity index is 1.70. The van der Waals surface area contributed by atoms with Crippen molar-refractivity contribution in [3.63, 3.8) is 0 Å². The van der Waals surface area contributed by atoms with Crippen LogP contribution in [0, 0.1) is 0 Å². The van der Waals surface area contributed by atoms with Gasteiger partial charge in [-0.3, -0.25) is 0 Å². The van der Waals surface area contributed by atoms with Crippen LogP contribution in [0.2, 0.25) is 0 Å². The molecule has 1 aliphatic heterocycles. The van der Waals surface area contributed by atoms with E-state index in [1.54, 1.807) is 0 Å². The van der Waals surface area contributed by atoms with E-state index in [2.05, 4.69) is 67.0 Å². The van der Waals surface area contributed by atoms with Crippen molar-refractivity contribution in [2.24, 2.45) is 0 Å². The van der Waals surface area contributed by atoms with Gasteiger partial charge >= 0.3 is 0 Å². The summed E-state index contributed by atoms with van der Waals surface area (Å²) in [5.41, 5.74) is 1.32. The number of thioether (sulfide) groups is 2. The van der Waals surface area contributed by atoms with Crippen molar-refractivity contribution in [2.45, 2.75) is 31.7 Å². The molecule has 0 bridgehead atoms. The van der Waals surface area contributed by atoms with Gasteiger partial charge < -0.3 is 10.1 Å². The van der Waals surface area contributed by atoms with Gasteiger partial charge in [-0.05, 0) is 31.5 Å². The fourth-order valence-electron chi connectivity index (χ4n) is 1.99. The predicted molar refractivity (Wildman–Crippen MR) is 87.5 cm³/mol. The molecule has 0 aliphatic carbocycles. The minimum atomic E-state index is 0.241. The van der Waals surface area contributed by atoms with Crippen LogP contribution in [0.4, 0.5) is 0 Å². The first-order valence-corrected chi connectivity index (χ1v) is 9.10. The van der Waals surface area contributed by atoms with E-state index < -0.39 is 0 Å². The fraction of sp³-hybridized carbons (Fsp3) is 0.600. The molecular weight excluding hydrogens is 274 g/mol. The molecular formula is C15H23NOS2. The molecule has 2 nitrogen and oxygen atoms in total. The van der Waals surface area contributed by atoms with Crippen molar-refractivity contribution in [2.75, 3.05) is 23.8 Å². The lowest BCUT2D eigenvalue weighted by molar-refractivity contribution is 0.242. The molecule has 1 saturated heterocycles. The zero-order chi connectivity index (χ0) is 13.5. The number of hydrogen-bond acceptors (Lipinski definition) is 4. The minimum Gasteiger partial charge on any atom is -0.491 e. The summed E-state index contributed by atoms with van der Waals surface area (Å²) in [5.74, 6) is 4.87. The summed E-state index contributed by atoms with van der Waals surface area (Å²) in [6.45, 7) is 6.16. The van der Waals surface area contributed by atoms with E-state index in [0.29, 0.717) is 0 Å². The number of ether oxygens (including phenoxy) is 1. The summed E-state index contributed by atoms with van der Waals surface area (Å²) >= 11 is 4.18. The first-order valence-electron chi connectivity index (χ1n) is 6.89. The van der Waals surface area contributed by atoms with Gasteiger partial charge in [0.15, 0.2) is 0 Å². The van der Waals surface area contributed by atoms with Gasteiger partial charge in [0.05, 0.1) is 6.10 Å². The summed E-state index contributed by atoms with van der Waals surface area (Å²) in [5, 5.41) is 4.34. The molecule has 0 amide bonds. The standard InChI is InChI=1S/C15H23NOS2/c1-12(2)17-14-5-3-13(4-6-14)9-16-10-15-11-18-7-8-19-15/h3-6,12,15-16H,7-11H2,1-2H3. The van der Waals surface area contributed by atoms with Crippen LogP contribution < -0.4 is 10.1 Å². The fourth-order valence-corrected chi connectivity index (χ4v) is 4.64. The van der Waals surface area contributed by atoms with Gasteiger partial charge in [0, 0.05) is 35.6 Å². The normalized spacial score (nSPS) is 19.6. The Kier molecular flexibility index (Phi) is 6.41. The SMILES string of the molecule is CC(C)Oc1ccc(CNCC2CSCCS2)cc1. The van der Waals surface area contributed by atoms with Crippen molar-refractivity contribution >= 4 is 23.5 Å². The molecule has 0 spiro atoms. The molecule has 1 heterocycles. The number of rotatable bonds is 6. The van der Waals surface area contributed by atoms with Crippen LogP contribution >= 0.6 is 23.5 Å². The maximum Gasteiger partial charge on any atom is 0.119 e. The first-order chi connectivity index (χ1) is 9.24. The molecule has 1 aliphatic rings. The first kappa shape index (κ1) is 15.1. The highest BCUT2D eigenvalue weighted by Crippen LogP contribution is 2.23. The highest BCUT2D eigenvalue weighted by Gasteiger charge is 2.13. The molecule has 106 valence electrons. The highest BCUT2D eigenvalue weighted by atomic mass is 32.2. The third kappa shape index (κ3) is 5.67. The van der Waals surface area contributed by atoms with Crippen molar-refractivity contribution in [1.29, 1.82) is 0 Å². The van der Waals surface area contributed by atoms with Gasteiger partial charge in [-0.2, -0.15) is 23.5 Å². The highest BCUT2D eigenvalue weighted by molar-refractivity contribution is 8.06. The van der Waals surface area contributed by atoms with Gasteiger partial charge in [-0.15, -0.1) is 0 Å². The minimum absolute atomic E-state index is 0.241. The second-order valence-corrected chi connectivity index (χ2v) is 7.57. The maximum absolute atomic E-state index is 5.64. The number of nitrogens with one attached hydrogen (secondary N) is 1. The lowest BCUT2D eigenvalue weighted by Gasteiger charge is -2.21. The third-order valence-corrected chi connectivity index (χ3v) is 5.73. The zero-order valence-corrected chi connectivity index (χ0v) is 13.4. The summed E-state index contributed by atoms with van der Waals surface area (Å²) in [7, 11) is 0. The van der Waals surface area contributed by atoms with Crippen LogP contribution in [0.25, 0.3) is 0 Å². The smallest absolute Gasteiger partial charge is 0.119 e. The maximum atomic E-state index is 5.64. The molecule has 1 aromatic carbocycles. The number of benzene rings is 1. The lowest BCUT2D eigenvalue weighted by Crippen LogP contribution is -2.28. The van der Waals surface area contributed by atoms with Gasteiger partial charge in [0.1, 0.15) is 5.75 Å². The Morgan fingerprint density at radius 2 is 2.05 bits per heavy atom. The molecule has 1 unspecified atom stereocenters. The van der Waals surface area contributed by atoms with E-state index >= 15 is 0 Å². The van der Waals surface area contributed by atoms with Crippen molar-refractivity contribution in [3.05, 3.63) is 29.8 Å². The second-order valence-electron chi connectivity index (χ2n) is 5.01. The van der Waals surface area contributed by atoms with E-state index in [4.69, 9.17) is 4.74 Å². The van der Waals surface area contributed by atoms with Crippen LogP contribution in [0.15, 0.2) is 24.3 Å². The summed E-state index contributed by atoms with van der Waals surface area (Å²) in [6.07, 6.45) is 0.241. The lowest BCUT2D eigenvalue weighted by atomic mass is 10.2. The van der Waals surface area contributed by atoms with Crippen molar-refractivity contribution in [1.82, 2.24) is 5.32 Å². The molecule has 1 fully saturated rings. The molecule has 2 rings (SSSR count). The number of hydrogen-bond donors (Lipinski definition) is 1. The molecule has 1 atom stereocenters. The van der Waals surface area contributed by atoms with Gasteiger partial charge in [0.2, 0.25) is 0 Å². The Labute approximate surface area is 125 Å². The Hall–Kier alpha value is -0.320. The Bertz CT molecular complexity index is 361. The predicted octanol–water partition coefficient (Wildman–Crippen LogP) is 3.41. The molecule has 0 saturated carbocycles. The summed E-state index contributed by atoms with van der Waals surface area (Å²) < 4.78 is 5.64. The molecule has 1 N–H and O–H groups in total. The largest absolute Gasteiger partial charge is 0.491 e. The Morgan fingerprint density at radius 3 is 2.68 bits per heavy atom. The van der Waals surface area contributed by atoms with Crippen LogP contribution in [0.5, 0.6) is 5.75 Å². The van der Waals surface area contributed by atoms with Gasteiger partial charge in [0.25, 0.3) is 0 Å². The molecule has 4 heteroatoms. The van der Waals surface area contributed by atoms with E-state index in [1.807, 2.05) is 0 Å². The van der Waals surface area contributed by atoms with Gasteiger partial charge in [-0.1, -0.05) is 12.1 Å². The van der Waals surface area contributed by atoms with Crippen LogP contribution in [-0.4, -0.2) is 35.2 Å². The van der Waals surface area contributed by atoms with Crippen LogP contribution in [-0.2, 0) is 6.54 Å². The van der Waals surface area contributed by atoms with E-state index in [0.717, 1.165) is 24.1 Å². The second kappa shape index (κ2) is 8.08. The van der Waals surface area contributed by atoms with Gasteiger partial charge in [-0.25, -0.2) is 0 Å². The monoisotopic (exact) mass is 297 g/mol. The average molecular weight is 297 g/mol. The van der Waals surface area contributed by atoms with Crippen LogP contribution in [0.1, 0.15) is 19.4 Å². The van der Waals surface area contributed by atoms with E-state index in [1.165, 1.54) is 22.8 Å². The topological polar surface area (TPSA) is 21.3 Å². The molecule has 1 aromatic rings. The molecule has 19 heavy (non-hydrogen) atoms. The zero-order valence-electron chi connectivity index (χ0n) is 11.7. The van der Waals surface area contributed by atoms with E-state index in [9.17, 15) is 0 Å². The molecule has 0 radical (unpaired) electrons. The van der Waals surface area contributed by atoms with E-state index in [-0.39, 0.29) is 6.10 Å². The van der Waals surface area contributed by atoms with Crippen LogP contribution in [0.3, 0.4) is 0 Å².